The number of ether oxygens (including phenoxy) is 2. The number of nitrogens with zero attached hydrogens (tertiary/aromatic N) is 1. The van der Waals surface area contributed by atoms with Crippen molar-refractivity contribution in [3.05, 3.63) is 59.1 Å². The standard InChI is InChI=1S/C16H15ClN2O4/c1-21-13-3-2-4-14(9-13)22-10-15(20)23-19-16(18)11-5-7-12(17)8-6-11/h2-9H,10H2,1H3,(H2,18,19). The summed E-state index contributed by atoms with van der Waals surface area (Å²) in [5.74, 6) is 0.498. The van der Waals surface area contributed by atoms with E-state index < -0.39 is 5.97 Å². The smallest absolute Gasteiger partial charge is 0.372 e. The maximum atomic E-state index is 11.6. The summed E-state index contributed by atoms with van der Waals surface area (Å²) in [6.45, 7) is -0.301. The molecule has 0 spiro atoms. The molecule has 7 heteroatoms. The van der Waals surface area contributed by atoms with Gasteiger partial charge in [-0.15, -0.1) is 0 Å². The summed E-state index contributed by atoms with van der Waals surface area (Å²) in [6, 6.07) is 13.5. The molecule has 120 valence electrons. The van der Waals surface area contributed by atoms with Crippen LogP contribution < -0.4 is 15.2 Å². The molecular formula is C16H15ClN2O4. The van der Waals surface area contributed by atoms with Crippen molar-refractivity contribution in [1.82, 2.24) is 0 Å². The maximum Gasteiger partial charge on any atom is 0.372 e. The van der Waals surface area contributed by atoms with Crippen molar-refractivity contribution >= 4 is 23.4 Å². The van der Waals surface area contributed by atoms with E-state index in [9.17, 15) is 4.79 Å². The number of hydrogen-bond donors (Lipinski definition) is 1. The molecule has 0 aromatic heterocycles. The molecule has 0 aliphatic carbocycles. The molecule has 0 saturated heterocycles. The fourth-order valence-corrected chi connectivity index (χ4v) is 1.76. The normalized spacial score (nSPS) is 11.0. The van der Waals surface area contributed by atoms with Gasteiger partial charge in [0, 0.05) is 16.7 Å². The number of amidine groups is 1. The lowest BCUT2D eigenvalue weighted by molar-refractivity contribution is -0.146. The molecule has 2 aromatic rings. The van der Waals surface area contributed by atoms with Crippen LogP contribution in [0, 0.1) is 0 Å². The number of rotatable bonds is 6. The first-order valence-electron chi connectivity index (χ1n) is 6.64. The molecule has 0 radical (unpaired) electrons. The van der Waals surface area contributed by atoms with E-state index in [4.69, 9.17) is 31.6 Å². The summed E-state index contributed by atoms with van der Waals surface area (Å²) in [4.78, 5) is 16.3. The third-order valence-corrected chi connectivity index (χ3v) is 3.04. The lowest BCUT2D eigenvalue weighted by atomic mass is 10.2. The molecule has 2 rings (SSSR count). The lowest BCUT2D eigenvalue weighted by Gasteiger charge is -2.06. The first-order chi connectivity index (χ1) is 11.1. The minimum Gasteiger partial charge on any atom is -0.497 e. The van der Waals surface area contributed by atoms with Gasteiger partial charge in [-0.3, -0.25) is 0 Å². The Morgan fingerprint density at radius 2 is 1.87 bits per heavy atom. The highest BCUT2D eigenvalue weighted by molar-refractivity contribution is 6.30. The van der Waals surface area contributed by atoms with Gasteiger partial charge in [0.15, 0.2) is 12.4 Å². The molecule has 0 aliphatic heterocycles. The molecule has 0 saturated carbocycles. The molecule has 0 fully saturated rings. The highest BCUT2D eigenvalue weighted by Gasteiger charge is 2.06. The third-order valence-electron chi connectivity index (χ3n) is 2.78. The Kier molecular flexibility index (Phi) is 5.82. The average Bonchev–Trinajstić information content (AvgIpc) is 2.58. The molecule has 6 nitrogen and oxygen atoms in total. The van der Waals surface area contributed by atoms with Gasteiger partial charge in [-0.2, -0.15) is 0 Å². The van der Waals surface area contributed by atoms with Crippen molar-refractivity contribution in [2.75, 3.05) is 13.7 Å². The molecule has 2 N–H and O–H groups in total. The molecule has 23 heavy (non-hydrogen) atoms. The van der Waals surface area contributed by atoms with E-state index in [0.717, 1.165) is 0 Å². The topological polar surface area (TPSA) is 83.1 Å². The lowest BCUT2D eigenvalue weighted by Crippen LogP contribution is -2.17. The van der Waals surface area contributed by atoms with E-state index in [1.165, 1.54) is 0 Å². The monoisotopic (exact) mass is 334 g/mol. The van der Waals surface area contributed by atoms with Crippen molar-refractivity contribution in [3.8, 4) is 11.5 Å². The van der Waals surface area contributed by atoms with Gasteiger partial charge in [0.1, 0.15) is 11.5 Å². The highest BCUT2D eigenvalue weighted by atomic mass is 35.5. The number of carbonyl (C=O) groups is 1. The Morgan fingerprint density at radius 3 is 2.57 bits per heavy atom. The van der Waals surface area contributed by atoms with E-state index in [1.807, 2.05) is 0 Å². The summed E-state index contributed by atoms with van der Waals surface area (Å²) >= 11 is 5.77. The van der Waals surface area contributed by atoms with Gasteiger partial charge >= 0.3 is 5.97 Å². The Morgan fingerprint density at radius 1 is 1.17 bits per heavy atom. The van der Waals surface area contributed by atoms with Gasteiger partial charge in [0.05, 0.1) is 7.11 Å². The number of carbonyl (C=O) groups excluding carboxylic acids is 1. The van der Waals surface area contributed by atoms with Gasteiger partial charge in [0.25, 0.3) is 0 Å². The van der Waals surface area contributed by atoms with Crippen molar-refractivity contribution < 1.29 is 19.1 Å². The molecule has 0 atom stereocenters. The Labute approximate surface area is 138 Å². The van der Waals surface area contributed by atoms with Crippen LogP contribution in [0.5, 0.6) is 11.5 Å². The van der Waals surface area contributed by atoms with Crippen LogP contribution in [0.2, 0.25) is 5.02 Å². The summed E-state index contributed by atoms with van der Waals surface area (Å²) in [7, 11) is 1.54. The van der Waals surface area contributed by atoms with Gasteiger partial charge in [-0.1, -0.05) is 22.8 Å². The van der Waals surface area contributed by atoms with E-state index >= 15 is 0 Å². The SMILES string of the molecule is COc1cccc(OCC(=O)O/N=C(\N)c2ccc(Cl)cc2)c1. The van der Waals surface area contributed by atoms with Crippen molar-refractivity contribution in [2.45, 2.75) is 0 Å². The average molecular weight is 335 g/mol. The maximum absolute atomic E-state index is 11.6. The number of halogens is 1. The van der Waals surface area contributed by atoms with Crippen LogP contribution in [0.25, 0.3) is 0 Å². The van der Waals surface area contributed by atoms with Gasteiger partial charge in [0.2, 0.25) is 0 Å². The first kappa shape index (κ1) is 16.6. The Bertz CT molecular complexity index is 701. The molecule has 0 aliphatic rings. The number of oxime groups is 1. The molecule has 0 amide bonds. The zero-order valence-electron chi connectivity index (χ0n) is 12.4. The quantitative estimate of drug-likeness (QED) is 0.380. The predicted molar refractivity (Wildman–Crippen MR) is 86.8 cm³/mol. The number of methoxy groups -OCH3 is 1. The third kappa shape index (κ3) is 5.19. The molecular weight excluding hydrogens is 320 g/mol. The molecule has 0 heterocycles. The van der Waals surface area contributed by atoms with Crippen LogP contribution in [0.1, 0.15) is 5.56 Å². The summed E-state index contributed by atoms with van der Waals surface area (Å²) < 4.78 is 10.3. The van der Waals surface area contributed by atoms with E-state index in [1.54, 1.807) is 55.6 Å². The minimum absolute atomic E-state index is 0.0661. The summed E-state index contributed by atoms with van der Waals surface area (Å²) in [5, 5.41) is 4.14. The van der Waals surface area contributed by atoms with E-state index in [0.29, 0.717) is 22.1 Å². The van der Waals surface area contributed by atoms with Gasteiger partial charge < -0.3 is 20.0 Å². The van der Waals surface area contributed by atoms with Gasteiger partial charge in [-0.25, -0.2) is 4.79 Å². The number of hydrogen-bond acceptors (Lipinski definition) is 5. The largest absolute Gasteiger partial charge is 0.497 e. The second-order valence-electron chi connectivity index (χ2n) is 4.41. The van der Waals surface area contributed by atoms with Crippen molar-refractivity contribution in [3.63, 3.8) is 0 Å². The van der Waals surface area contributed by atoms with Crippen molar-refractivity contribution in [2.24, 2.45) is 10.9 Å². The van der Waals surface area contributed by atoms with E-state index in [2.05, 4.69) is 5.16 Å². The highest BCUT2D eigenvalue weighted by Crippen LogP contribution is 2.18. The molecule has 0 bridgehead atoms. The fourth-order valence-electron chi connectivity index (χ4n) is 1.63. The summed E-state index contributed by atoms with van der Waals surface area (Å²) in [6.07, 6.45) is 0. The minimum atomic E-state index is -0.676. The van der Waals surface area contributed by atoms with Crippen LogP contribution >= 0.6 is 11.6 Å². The zero-order valence-corrected chi connectivity index (χ0v) is 13.1. The Hall–Kier alpha value is -2.73. The second-order valence-corrected chi connectivity index (χ2v) is 4.85. The number of benzene rings is 2. The number of nitrogens with two attached hydrogens (primary N) is 1. The van der Waals surface area contributed by atoms with Crippen LogP contribution in [0.3, 0.4) is 0 Å². The first-order valence-corrected chi connectivity index (χ1v) is 7.02. The van der Waals surface area contributed by atoms with E-state index in [-0.39, 0.29) is 12.4 Å². The second kappa shape index (κ2) is 8.05. The predicted octanol–water partition coefficient (Wildman–Crippen LogP) is 2.59. The zero-order chi connectivity index (χ0) is 16.7. The van der Waals surface area contributed by atoms with Gasteiger partial charge in [-0.05, 0) is 36.4 Å². The molecule has 2 aromatic carbocycles. The van der Waals surface area contributed by atoms with Crippen LogP contribution in [-0.4, -0.2) is 25.5 Å². The fraction of sp³-hybridized carbons (Fsp3) is 0.125. The summed E-state index contributed by atoms with van der Waals surface area (Å²) in [5.41, 5.74) is 6.30. The van der Waals surface area contributed by atoms with Crippen molar-refractivity contribution in [1.29, 1.82) is 0 Å². The molecule has 0 unspecified atom stereocenters. The van der Waals surface area contributed by atoms with Crippen LogP contribution in [0.15, 0.2) is 53.7 Å². The Balaban J connectivity index is 1.86. The van der Waals surface area contributed by atoms with Crippen LogP contribution in [-0.2, 0) is 9.63 Å². The van der Waals surface area contributed by atoms with Crippen LogP contribution in [0.4, 0.5) is 0 Å².